The van der Waals surface area contributed by atoms with E-state index in [1.54, 1.807) is 0 Å². The predicted molar refractivity (Wildman–Crippen MR) is 70.5 cm³/mol. The van der Waals surface area contributed by atoms with Gasteiger partial charge in [0.2, 0.25) is 0 Å². The molecule has 6 nitrogen and oxygen atoms in total. The highest BCUT2D eigenvalue weighted by Gasteiger charge is 2.19. The highest BCUT2D eigenvalue weighted by Crippen LogP contribution is 2.15. The summed E-state index contributed by atoms with van der Waals surface area (Å²) < 4.78 is 6.95. The fourth-order valence-corrected chi connectivity index (χ4v) is 2.53. The minimum absolute atomic E-state index is 0.126. The van der Waals surface area contributed by atoms with Crippen molar-refractivity contribution >= 4 is 5.97 Å². The first kappa shape index (κ1) is 14.0. The quantitative estimate of drug-likeness (QED) is 0.740. The van der Waals surface area contributed by atoms with Gasteiger partial charge in [0.1, 0.15) is 11.6 Å². The van der Waals surface area contributed by atoms with Crippen molar-refractivity contribution in [1.82, 2.24) is 19.7 Å². The molecule has 2 rings (SSSR count). The van der Waals surface area contributed by atoms with Crippen LogP contribution in [0.1, 0.15) is 31.4 Å². The van der Waals surface area contributed by atoms with Gasteiger partial charge in [-0.15, -0.1) is 10.2 Å². The highest BCUT2D eigenvalue weighted by atomic mass is 16.5. The van der Waals surface area contributed by atoms with Crippen LogP contribution in [0.5, 0.6) is 0 Å². The second-order valence-corrected chi connectivity index (χ2v) is 5.26. The standard InChI is InChI=1S/C13H22N4O2/c1-10(13(18)19-3)8-16(2)9-12-15-14-11-6-4-5-7-17(11)12/h10H,4-9H2,1-3H3. The van der Waals surface area contributed by atoms with Crippen LogP contribution in [0.2, 0.25) is 0 Å². The Bertz CT molecular complexity index is 444. The number of carbonyl (C=O) groups is 1. The number of nitrogens with zero attached hydrogens (tertiary/aromatic N) is 4. The fraction of sp³-hybridized carbons (Fsp3) is 0.769. The molecule has 1 aliphatic rings. The van der Waals surface area contributed by atoms with Gasteiger partial charge in [0.05, 0.1) is 19.6 Å². The lowest BCUT2D eigenvalue weighted by Crippen LogP contribution is -2.30. The van der Waals surface area contributed by atoms with Crippen LogP contribution in [-0.4, -0.2) is 46.3 Å². The number of carbonyl (C=O) groups excluding carboxylic acids is 1. The average Bonchev–Trinajstić information content (AvgIpc) is 2.81. The third-order valence-corrected chi connectivity index (χ3v) is 3.54. The molecule has 0 spiro atoms. The van der Waals surface area contributed by atoms with E-state index in [1.165, 1.54) is 20.0 Å². The summed E-state index contributed by atoms with van der Waals surface area (Å²) in [7, 11) is 3.41. The van der Waals surface area contributed by atoms with Crippen molar-refractivity contribution in [2.24, 2.45) is 5.92 Å². The number of methoxy groups -OCH3 is 1. The van der Waals surface area contributed by atoms with Gasteiger partial charge < -0.3 is 9.30 Å². The van der Waals surface area contributed by atoms with Gasteiger partial charge in [-0.25, -0.2) is 0 Å². The number of esters is 1. The van der Waals surface area contributed by atoms with E-state index in [0.717, 1.165) is 24.6 Å². The van der Waals surface area contributed by atoms with Gasteiger partial charge in [0.15, 0.2) is 0 Å². The summed E-state index contributed by atoms with van der Waals surface area (Å²) in [4.78, 5) is 13.5. The van der Waals surface area contributed by atoms with Crippen LogP contribution in [0.15, 0.2) is 0 Å². The molecule has 1 atom stereocenters. The van der Waals surface area contributed by atoms with Crippen molar-refractivity contribution in [3.8, 4) is 0 Å². The molecule has 0 aliphatic carbocycles. The summed E-state index contributed by atoms with van der Waals surface area (Å²) in [5, 5.41) is 8.50. The minimum Gasteiger partial charge on any atom is -0.469 e. The Hall–Kier alpha value is -1.43. The lowest BCUT2D eigenvalue weighted by atomic mass is 10.1. The van der Waals surface area contributed by atoms with Crippen molar-refractivity contribution in [3.63, 3.8) is 0 Å². The average molecular weight is 266 g/mol. The monoisotopic (exact) mass is 266 g/mol. The number of aryl methyl sites for hydroxylation is 1. The zero-order valence-corrected chi connectivity index (χ0v) is 11.9. The topological polar surface area (TPSA) is 60.2 Å². The number of ether oxygens (including phenoxy) is 1. The second kappa shape index (κ2) is 6.14. The van der Waals surface area contributed by atoms with Gasteiger partial charge in [0.25, 0.3) is 0 Å². The Morgan fingerprint density at radius 1 is 1.47 bits per heavy atom. The van der Waals surface area contributed by atoms with Crippen LogP contribution in [0.3, 0.4) is 0 Å². The smallest absolute Gasteiger partial charge is 0.309 e. The van der Waals surface area contributed by atoms with E-state index in [9.17, 15) is 4.79 Å². The van der Waals surface area contributed by atoms with Gasteiger partial charge in [-0.05, 0) is 19.9 Å². The zero-order chi connectivity index (χ0) is 13.8. The molecule has 2 heterocycles. The molecule has 0 radical (unpaired) electrons. The molecule has 0 fully saturated rings. The Morgan fingerprint density at radius 2 is 2.26 bits per heavy atom. The van der Waals surface area contributed by atoms with Gasteiger partial charge in [-0.2, -0.15) is 0 Å². The number of fused-ring (bicyclic) bond motifs is 1. The number of hydrogen-bond donors (Lipinski definition) is 0. The molecule has 106 valence electrons. The van der Waals surface area contributed by atoms with Crippen LogP contribution in [-0.2, 0) is 29.0 Å². The molecular weight excluding hydrogens is 244 g/mol. The molecule has 0 bridgehead atoms. The molecule has 0 saturated heterocycles. The van der Waals surface area contributed by atoms with E-state index in [1.807, 2.05) is 14.0 Å². The largest absolute Gasteiger partial charge is 0.469 e. The zero-order valence-electron chi connectivity index (χ0n) is 11.9. The van der Waals surface area contributed by atoms with Crippen LogP contribution in [0.25, 0.3) is 0 Å². The summed E-state index contributed by atoms with van der Waals surface area (Å²) in [6.07, 6.45) is 3.42. The molecule has 6 heteroatoms. The molecule has 1 aliphatic heterocycles. The van der Waals surface area contributed by atoms with Crippen LogP contribution in [0.4, 0.5) is 0 Å². The Morgan fingerprint density at radius 3 is 3.00 bits per heavy atom. The molecule has 0 amide bonds. The summed E-state index contributed by atoms with van der Waals surface area (Å²) >= 11 is 0. The van der Waals surface area contributed by atoms with Crippen LogP contribution >= 0.6 is 0 Å². The van der Waals surface area contributed by atoms with Gasteiger partial charge in [-0.1, -0.05) is 6.92 Å². The lowest BCUT2D eigenvalue weighted by Gasteiger charge is -2.21. The normalized spacial score (nSPS) is 16.2. The first-order valence-electron chi connectivity index (χ1n) is 6.79. The molecule has 1 unspecified atom stereocenters. The Balaban J connectivity index is 1.93. The second-order valence-electron chi connectivity index (χ2n) is 5.26. The van der Waals surface area contributed by atoms with E-state index in [-0.39, 0.29) is 11.9 Å². The van der Waals surface area contributed by atoms with Crippen molar-refractivity contribution in [2.75, 3.05) is 20.7 Å². The maximum absolute atomic E-state index is 11.4. The number of hydrogen-bond acceptors (Lipinski definition) is 5. The van der Waals surface area contributed by atoms with Gasteiger partial charge >= 0.3 is 5.97 Å². The van der Waals surface area contributed by atoms with E-state index in [4.69, 9.17) is 4.74 Å². The minimum atomic E-state index is -0.171. The Kier molecular flexibility index (Phi) is 4.52. The van der Waals surface area contributed by atoms with E-state index in [2.05, 4.69) is 19.7 Å². The molecule has 1 aromatic heterocycles. The van der Waals surface area contributed by atoms with Crippen molar-refractivity contribution < 1.29 is 9.53 Å². The third-order valence-electron chi connectivity index (χ3n) is 3.54. The van der Waals surface area contributed by atoms with Gasteiger partial charge in [-0.3, -0.25) is 9.69 Å². The van der Waals surface area contributed by atoms with Crippen molar-refractivity contribution in [1.29, 1.82) is 0 Å². The van der Waals surface area contributed by atoms with E-state index >= 15 is 0 Å². The molecule has 0 aromatic carbocycles. The number of aromatic nitrogens is 3. The van der Waals surface area contributed by atoms with Crippen molar-refractivity contribution in [2.45, 2.75) is 39.3 Å². The summed E-state index contributed by atoms with van der Waals surface area (Å²) in [5.41, 5.74) is 0. The molecule has 0 N–H and O–H groups in total. The van der Waals surface area contributed by atoms with E-state index in [0.29, 0.717) is 13.1 Å². The third kappa shape index (κ3) is 3.32. The summed E-state index contributed by atoms with van der Waals surface area (Å²) in [5.74, 6) is 1.79. The SMILES string of the molecule is COC(=O)C(C)CN(C)Cc1nnc2n1CCCC2. The van der Waals surface area contributed by atoms with Crippen LogP contribution < -0.4 is 0 Å². The summed E-state index contributed by atoms with van der Waals surface area (Å²) in [6.45, 7) is 4.27. The highest BCUT2D eigenvalue weighted by molar-refractivity contribution is 5.72. The molecule has 1 aromatic rings. The predicted octanol–water partition coefficient (Wildman–Crippen LogP) is 0.855. The number of rotatable bonds is 5. The molecular formula is C13H22N4O2. The van der Waals surface area contributed by atoms with Crippen molar-refractivity contribution in [3.05, 3.63) is 11.6 Å². The lowest BCUT2D eigenvalue weighted by molar-refractivity contribution is -0.145. The Labute approximate surface area is 113 Å². The maximum Gasteiger partial charge on any atom is 0.309 e. The first-order valence-corrected chi connectivity index (χ1v) is 6.79. The summed E-state index contributed by atoms with van der Waals surface area (Å²) in [6, 6.07) is 0. The maximum atomic E-state index is 11.4. The van der Waals surface area contributed by atoms with E-state index < -0.39 is 0 Å². The van der Waals surface area contributed by atoms with Crippen LogP contribution in [0, 0.1) is 5.92 Å². The van der Waals surface area contributed by atoms with Gasteiger partial charge in [0, 0.05) is 19.5 Å². The molecule has 0 saturated carbocycles. The fourth-order valence-electron chi connectivity index (χ4n) is 2.53. The first-order chi connectivity index (χ1) is 9.11. The molecule has 19 heavy (non-hydrogen) atoms.